The molecule has 0 aromatic carbocycles. The van der Waals surface area contributed by atoms with Gasteiger partial charge in [-0.1, -0.05) is 6.08 Å². The van der Waals surface area contributed by atoms with E-state index in [0.29, 0.717) is 16.2 Å². The zero-order valence-corrected chi connectivity index (χ0v) is 12.3. The van der Waals surface area contributed by atoms with Crippen molar-refractivity contribution in [1.29, 1.82) is 0 Å². The number of urea groups is 1. The maximum absolute atomic E-state index is 12.0. The summed E-state index contributed by atoms with van der Waals surface area (Å²) in [7, 11) is -5.88. The zero-order chi connectivity index (χ0) is 16.1. The number of carbonyl (C=O) groups is 1. The Bertz CT molecular complexity index is 744. The molecule has 2 amide bonds. The van der Waals surface area contributed by atoms with Crippen molar-refractivity contribution in [1.82, 2.24) is 19.7 Å². The molecule has 2 aliphatic heterocycles. The van der Waals surface area contributed by atoms with E-state index >= 15 is 0 Å². The lowest BCUT2D eigenvalue weighted by molar-refractivity contribution is -0.0171. The quantitative estimate of drug-likeness (QED) is 0.415. The highest BCUT2D eigenvalue weighted by Crippen LogP contribution is 2.33. The maximum Gasteiger partial charge on any atom is 0.431 e. The van der Waals surface area contributed by atoms with Crippen molar-refractivity contribution in [3.05, 3.63) is 24.0 Å². The van der Waals surface area contributed by atoms with Gasteiger partial charge in [0.15, 0.2) is 0 Å². The van der Waals surface area contributed by atoms with Crippen molar-refractivity contribution in [2.45, 2.75) is 12.9 Å². The first-order chi connectivity index (χ1) is 10.3. The minimum absolute atomic E-state index is 0.208. The van der Waals surface area contributed by atoms with Gasteiger partial charge >= 0.3 is 13.1 Å². The van der Waals surface area contributed by atoms with E-state index in [4.69, 9.17) is 0 Å². The zero-order valence-electron chi connectivity index (χ0n) is 11.5. The summed E-state index contributed by atoms with van der Waals surface area (Å²) in [5, 5.41) is 14.0. The predicted octanol–water partition coefficient (Wildman–Crippen LogP) is -1.26. The van der Waals surface area contributed by atoms with Crippen LogP contribution in [0.2, 0.25) is 6.82 Å². The number of hydrogen-bond donors (Lipinski definition) is 1. The standard InChI is InChI=1S/C10H13BN4O6S/c1-11(17)14-5-7(4-12-14)8-2-3-13-6-9(8)15(10(13)16)21-22(18,19)20/h2,4-5,9,17H,3,6H2,1H3,(H,18,19,20)/p-1. The highest BCUT2D eigenvalue weighted by molar-refractivity contribution is 7.80. The summed E-state index contributed by atoms with van der Waals surface area (Å²) < 4.78 is 38.0. The van der Waals surface area contributed by atoms with Gasteiger partial charge in [0.1, 0.15) is 6.04 Å². The fourth-order valence-corrected chi connectivity index (χ4v) is 2.90. The van der Waals surface area contributed by atoms with E-state index in [9.17, 15) is 22.8 Å². The van der Waals surface area contributed by atoms with Crippen LogP contribution < -0.4 is 0 Å². The van der Waals surface area contributed by atoms with Crippen LogP contribution in [0.25, 0.3) is 5.57 Å². The first-order valence-corrected chi connectivity index (χ1v) is 7.76. The molecule has 22 heavy (non-hydrogen) atoms. The largest absolute Gasteiger partial charge is 0.724 e. The third-order valence-corrected chi connectivity index (χ3v) is 3.86. The lowest BCUT2D eigenvalue weighted by Crippen LogP contribution is -2.36. The molecule has 3 rings (SSSR count). The topological polar surface area (TPSA) is 128 Å². The average Bonchev–Trinajstić information content (AvgIpc) is 2.99. The van der Waals surface area contributed by atoms with Crippen LogP contribution in [0, 0.1) is 0 Å². The lowest BCUT2D eigenvalue weighted by Gasteiger charge is -2.24. The highest BCUT2D eigenvalue weighted by Gasteiger charge is 2.44. The molecule has 0 saturated carbocycles. The van der Waals surface area contributed by atoms with E-state index in [0.717, 1.165) is 0 Å². The van der Waals surface area contributed by atoms with Crippen LogP contribution in [0.3, 0.4) is 0 Å². The number of hydroxylamine groups is 2. The third kappa shape index (κ3) is 2.61. The normalized spacial score (nSPS) is 21.3. The second kappa shape index (κ2) is 5.09. The molecule has 0 spiro atoms. The van der Waals surface area contributed by atoms with E-state index < -0.39 is 29.5 Å². The molecule has 1 fully saturated rings. The SMILES string of the molecule is CB(O)n1cc(C2=CCN3CC2N(OS(=O)(=O)[O-])C3=O)cn1. The first-order valence-electron chi connectivity index (χ1n) is 6.42. The summed E-state index contributed by atoms with van der Waals surface area (Å²) in [6.45, 7) is 2.01. The van der Waals surface area contributed by atoms with Gasteiger partial charge in [0.2, 0.25) is 10.4 Å². The van der Waals surface area contributed by atoms with Crippen LogP contribution >= 0.6 is 0 Å². The molecule has 3 heterocycles. The molecular formula is C10H12BN4O6S-. The molecular weight excluding hydrogens is 315 g/mol. The average molecular weight is 327 g/mol. The third-order valence-electron chi connectivity index (χ3n) is 3.52. The number of nitrogens with zero attached hydrogens (tertiary/aromatic N) is 4. The summed E-state index contributed by atoms with van der Waals surface area (Å²) >= 11 is 0. The van der Waals surface area contributed by atoms with Gasteiger partial charge in [-0.25, -0.2) is 13.2 Å². The molecule has 1 aromatic heterocycles. The Morgan fingerprint density at radius 3 is 2.86 bits per heavy atom. The van der Waals surface area contributed by atoms with Crippen molar-refractivity contribution < 1.29 is 27.1 Å². The number of carbonyl (C=O) groups excluding carboxylic acids is 1. The van der Waals surface area contributed by atoms with Crippen LogP contribution in [-0.4, -0.2) is 69.9 Å². The van der Waals surface area contributed by atoms with Gasteiger partial charge in [-0.2, -0.15) is 14.4 Å². The smallest absolute Gasteiger partial charge is 0.431 e. The Hall–Kier alpha value is -1.89. The number of hydrogen-bond acceptors (Lipinski definition) is 7. The molecule has 1 N–H and O–H groups in total. The van der Waals surface area contributed by atoms with Crippen molar-refractivity contribution >= 4 is 29.1 Å². The van der Waals surface area contributed by atoms with Gasteiger partial charge in [-0.05, 0) is 12.4 Å². The summed E-state index contributed by atoms with van der Waals surface area (Å²) in [4.78, 5) is 13.3. The number of fused-ring (bicyclic) bond motifs is 2. The van der Waals surface area contributed by atoms with Crippen molar-refractivity contribution in [2.75, 3.05) is 13.1 Å². The molecule has 0 aliphatic carbocycles. The predicted molar refractivity (Wildman–Crippen MR) is 72.8 cm³/mol. The molecule has 118 valence electrons. The lowest BCUT2D eigenvalue weighted by atomic mass is 9.89. The van der Waals surface area contributed by atoms with Crippen LogP contribution in [0.4, 0.5) is 4.79 Å². The molecule has 1 unspecified atom stereocenters. The molecule has 1 atom stereocenters. The van der Waals surface area contributed by atoms with Gasteiger partial charge in [0, 0.05) is 18.3 Å². The molecule has 1 saturated heterocycles. The van der Waals surface area contributed by atoms with Crippen LogP contribution in [0.5, 0.6) is 0 Å². The van der Waals surface area contributed by atoms with E-state index in [-0.39, 0.29) is 13.1 Å². The summed E-state index contributed by atoms with van der Waals surface area (Å²) in [6, 6.07) is -1.41. The summed E-state index contributed by atoms with van der Waals surface area (Å²) in [6.07, 6.45) is 4.79. The molecule has 2 aliphatic rings. The maximum atomic E-state index is 12.0. The van der Waals surface area contributed by atoms with Crippen LogP contribution in [0.1, 0.15) is 5.56 Å². The van der Waals surface area contributed by atoms with Crippen molar-refractivity contribution in [2.24, 2.45) is 0 Å². The van der Waals surface area contributed by atoms with E-state index in [1.54, 1.807) is 12.3 Å². The van der Waals surface area contributed by atoms with Crippen molar-refractivity contribution in [3.63, 3.8) is 0 Å². The van der Waals surface area contributed by atoms with Gasteiger partial charge in [-0.3, -0.25) is 4.59 Å². The minimum Gasteiger partial charge on any atom is -0.724 e. The van der Waals surface area contributed by atoms with E-state index in [1.165, 1.54) is 22.5 Å². The second-order valence-electron chi connectivity index (χ2n) is 5.01. The molecule has 0 radical (unpaired) electrons. The fourth-order valence-electron chi connectivity index (χ4n) is 2.54. The number of rotatable bonds is 4. The first kappa shape index (κ1) is 15.0. The molecule has 2 bridgehead atoms. The Labute approximate surface area is 126 Å². The Balaban J connectivity index is 1.92. The molecule has 1 aromatic rings. The Morgan fingerprint density at radius 1 is 1.55 bits per heavy atom. The van der Waals surface area contributed by atoms with E-state index in [1.807, 2.05) is 0 Å². The van der Waals surface area contributed by atoms with E-state index in [2.05, 4.69) is 9.38 Å². The number of amides is 2. The minimum atomic E-state index is -5.05. The second-order valence-corrected chi connectivity index (χ2v) is 5.98. The van der Waals surface area contributed by atoms with Crippen LogP contribution in [-0.2, 0) is 14.7 Å². The monoisotopic (exact) mass is 327 g/mol. The Morgan fingerprint density at radius 2 is 2.27 bits per heavy atom. The molecule has 10 nitrogen and oxygen atoms in total. The fraction of sp³-hybridized carbons (Fsp3) is 0.400. The summed E-state index contributed by atoms with van der Waals surface area (Å²) in [5.41, 5.74) is 1.22. The Kier molecular flexibility index (Phi) is 3.47. The van der Waals surface area contributed by atoms with Crippen LogP contribution in [0.15, 0.2) is 18.5 Å². The summed E-state index contributed by atoms with van der Waals surface area (Å²) in [5.74, 6) is 0. The van der Waals surface area contributed by atoms with Gasteiger partial charge in [-0.15, -0.1) is 0 Å². The highest BCUT2D eigenvalue weighted by atomic mass is 32.3. The molecule has 12 heteroatoms. The van der Waals surface area contributed by atoms with Gasteiger partial charge in [0.25, 0.3) is 0 Å². The number of aromatic nitrogens is 2. The van der Waals surface area contributed by atoms with Gasteiger partial charge < -0.3 is 14.5 Å². The van der Waals surface area contributed by atoms with Gasteiger partial charge in [0.05, 0.1) is 12.7 Å². The van der Waals surface area contributed by atoms with Crippen molar-refractivity contribution in [3.8, 4) is 0 Å².